The first-order chi connectivity index (χ1) is 11.9. The average Bonchev–Trinajstić information content (AvgIpc) is 2.92. The number of aliphatic hydroxyl groups is 1. The lowest BCUT2D eigenvalue weighted by Crippen LogP contribution is -2.54. The smallest absolute Gasteiger partial charge is 0.154 e. The van der Waals surface area contributed by atoms with E-state index in [9.17, 15) is 9.90 Å². The molecule has 0 saturated heterocycles. The van der Waals surface area contributed by atoms with E-state index >= 15 is 0 Å². The van der Waals surface area contributed by atoms with Crippen LogP contribution in [0.25, 0.3) is 4.85 Å². The number of hydrogen-bond acceptors (Lipinski definition) is 2. The molecule has 0 unspecified atom stereocenters. The van der Waals surface area contributed by atoms with E-state index in [-0.39, 0.29) is 23.4 Å². The minimum atomic E-state index is -0.130. The maximum atomic E-state index is 12.3. The van der Waals surface area contributed by atoms with Crippen LogP contribution >= 0.6 is 0 Å². The van der Waals surface area contributed by atoms with Crippen LogP contribution < -0.4 is 0 Å². The van der Waals surface area contributed by atoms with Gasteiger partial charge in [0.25, 0.3) is 0 Å². The van der Waals surface area contributed by atoms with Gasteiger partial charge in [-0.2, -0.15) is 0 Å². The Morgan fingerprint density at radius 1 is 1.24 bits per heavy atom. The Kier molecular flexibility index (Phi) is 4.11. The lowest BCUT2D eigenvalue weighted by atomic mass is 9.44. The highest BCUT2D eigenvalue weighted by Crippen LogP contribution is 2.67. The molecule has 136 valence electrons. The largest absolute Gasteiger partial charge is 0.396 e. The summed E-state index contributed by atoms with van der Waals surface area (Å²) in [6.07, 6.45) is 10.6. The van der Waals surface area contributed by atoms with Crippen molar-refractivity contribution in [2.75, 3.05) is 6.61 Å². The molecule has 4 aliphatic carbocycles. The van der Waals surface area contributed by atoms with Gasteiger partial charge in [-0.1, -0.05) is 19.4 Å². The molecule has 3 heteroatoms. The summed E-state index contributed by atoms with van der Waals surface area (Å²) in [7, 11) is 0. The highest BCUT2D eigenvalue weighted by molar-refractivity contribution is 5.82. The number of fused-ring (bicyclic) bond motifs is 5. The number of nitrogens with zero attached hydrogens (tertiary/aromatic N) is 1. The van der Waals surface area contributed by atoms with Crippen LogP contribution in [0.15, 0.2) is 11.8 Å². The van der Waals surface area contributed by atoms with Crippen molar-refractivity contribution in [2.24, 2.45) is 40.4 Å². The minimum Gasteiger partial charge on any atom is -0.396 e. The van der Waals surface area contributed by atoms with Crippen molar-refractivity contribution >= 4 is 5.78 Å². The topological polar surface area (TPSA) is 41.7 Å². The number of aliphatic hydroxyl groups excluding tert-OH is 1. The first-order valence-corrected chi connectivity index (χ1v) is 10.1. The number of carbonyl (C=O) groups excluding carboxylic acids is 1. The number of hydrogen-bond donors (Lipinski definition) is 1. The minimum absolute atomic E-state index is 0.0254. The van der Waals surface area contributed by atoms with E-state index in [0.717, 1.165) is 18.8 Å². The summed E-state index contributed by atoms with van der Waals surface area (Å²) in [5.74, 6) is 2.83. The van der Waals surface area contributed by atoms with Crippen LogP contribution in [0.5, 0.6) is 0 Å². The SMILES string of the molecule is [C-]#[N+]/C=C1/CC[C@H]2[C@@H]3CC[C@H]4CC(=O)[C@@H](CO)C[C@]4(C)[C@H]3CC[C@]12C. The van der Waals surface area contributed by atoms with Crippen molar-refractivity contribution in [1.29, 1.82) is 0 Å². The fourth-order valence-corrected chi connectivity index (χ4v) is 7.55. The average molecular weight is 341 g/mol. The van der Waals surface area contributed by atoms with E-state index < -0.39 is 0 Å². The second kappa shape index (κ2) is 5.95. The summed E-state index contributed by atoms with van der Waals surface area (Å²) in [6, 6.07) is 0. The molecule has 0 aromatic carbocycles. The molecule has 3 nitrogen and oxygen atoms in total. The van der Waals surface area contributed by atoms with Gasteiger partial charge in [0.15, 0.2) is 6.20 Å². The molecule has 0 radical (unpaired) electrons. The number of carbonyl (C=O) groups is 1. The maximum absolute atomic E-state index is 12.3. The second-order valence-corrected chi connectivity index (χ2v) is 9.69. The van der Waals surface area contributed by atoms with Crippen molar-refractivity contribution < 1.29 is 9.90 Å². The fraction of sp³-hybridized carbons (Fsp3) is 0.818. The van der Waals surface area contributed by atoms with Crippen LogP contribution in [0.1, 0.15) is 65.2 Å². The van der Waals surface area contributed by atoms with E-state index in [1.807, 2.05) is 6.20 Å². The van der Waals surface area contributed by atoms with E-state index in [0.29, 0.717) is 30.0 Å². The molecule has 0 heterocycles. The molecule has 4 rings (SSSR count). The van der Waals surface area contributed by atoms with Crippen molar-refractivity contribution in [2.45, 2.75) is 65.2 Å². The molecule has 25 heavy (non-hydrogen) atoms. The highest BCUT2D eigenvalue weighted by Gasteiger charge is 2.59. The summed E-state index contributed by atoms with van der Waals surface area (Å²) in [5, 5.41) is 9.69. The van der Waals surface area contributed by atoms with Crippen LogP contribution in [0.2, 0.25) is 0 Å². The highest BCUT2D eigenvalue weighted by atomic mass is 16.3. The van der Waals surface area contributed by atoms with Crippen molar-refractivity contribution in [3.8, 4) is 0 Å². The molecule has 4 fully saturated rings. The number of allylic oxidation sites excluding steroid dienone is 1. The molecule has 1 N–H and O–H groups in total. The number of rotatable bonds is 1. The summed E-state index contributed by atoms with van der Waals surface area (Å²) >= 11 is 0. The molecule has 4 aliphatic rings. The van der Waals surface area contributed by atoms with Crippen LogP contribution in [0, 0.1) is 47.0 Å². The van der Waals surface area contributed by atoms with E-state index in [2.05, 4.69) is 18.7 Å². The first-order valence-electron chi connectivity index (χ1n) is 10.1. The van der Waals surface area contributed by atoms with Crippen LogP contribution in [0.4, 0.5) is 0 Å². The Labute approximate surface area is 151 Å². The third kappa shape index (κ3) is 2.36. The summed E-state index contributed by atoms with van der Waals surface area (Å²) < 4.78 is 0. The molecule has 0 bridgehead atoms. The molecule has 7 atom stereocenters. The van der Waals surface area contributed by atoms with E-state index in [1.54, 1.807) is 0 Å². The Morgan fingerprint density at radius 3 is 2.76 bits per heavy atom. The van der Waals surface area contributed by atoms with Crippen LogP contribution in [-0.2, 0) is 4.79 Å². The summed E-state index contributed by atoms with van der Waals surface area (Å²) in [4.78, 5) is 15.9. The van der Waals surface area contributed by atoms with Gasteiger partial charge in [0, 0.05) is 12.3 Å². The zero-order chi connectivity index (χ0) is 17.8. The lowest BCUT2D eigenvalue weighted by Gasteiger charge is -2.60. The van der Waals surface area contributed by atoms with Gasteiger partial charge < -0.3 is 5.11 Å². The van der Waals surface area contributed by atoms with Gasteiger partial charge in [-0.15, -0.1) is 0 Å². The molecule has 0 amide bonds. The molecule has 0 aromatic heterocycles. The van der Waals surface area contributed by atoms with Gasteiger partial charge in [-0.3, -0.25) is 4.79 Å². The summed E-state index contributed by atoms with van der Waals surface area (Å²) in [5.41, 5.74) is 1.85. The Balaban J connectivity index is 1.64. The molecule has 0 spiro atoms. The first kappa shape index (κ1) is 17.3. The van der Waals surface area contributed by atoms with Crippen LogP contribution in [0.3, 0.4) is 0 Å². The van der Waals surface area contributed by atoms with Gasteiger partial charge in [0.1, 0.15) is 5.78 Å². The maximum Gasteiger partial charge on any atom is 0.154 e. The predicted octanol–water partition coefficient (Wildman–Crippen LogP) is 4.62. The Hall–Kier alpha value is -1.14. The van der Waals surface area contributed by atoms with Crippen molar-refractivity contribution in [3.63, 3.8) is 0 Å². The number of Topliss-reactive ketones (excluding diaryl/α,β-unsaturated/α-hetero) is 1. The van der Waals surface area contributed by atoms with Gasteiger partial charge in [0.05, 0.1) is 13.2 Å². The molecular formula is C22H31NO2. The van der Waals surface area contributed by atoms with Crippen LogP contribution in [-0.4, -0.2) is 17.5 Å². The fourth-order valence-electron chi connectivity index (χ4n) is 7.55. The van der Waals surface area contributed by atoms with Gasteiger partial charge >= 0.3 is 0 Å². The van der Waals surface area contributed by atoms with Crippen molar-refractivity contribution in [1.82, 2.24) is 0 Å². The quantitative estimate of drug-likeness (QED) is 0.707. The predicted molar refractivity (Wildman–Crippen MR) is 97.4 cm³/mol. The molecular weight excluding hydrogens is 310 g/mol. The number of ketones is 1. The third-order valence-corrected chi connectivity index (χ3v) is 8.94. The van der Waals surface area contributed by atoms with Gasteiger partial charge in [0.2, 0.25) is 0 Å². The Bertz CT molecular complexity index is 647. The van der Waals surface area contributed by atoms with Gasteiger partial charge in [-0.25, -0.2) is 4.85 Å². The van der Waals surface area contributed by atoms with E-state index in [1.165, 1.54) is 37.7 Å². The monoisotopic (exact) mass is 341 g/mol. The standard InChI is InChI=1S/C22H31NO2/c1-21-9-8-19-17(18(21)7-5-16(21)12-23-3)6-4-15-10-20(25)14(13-24)11-22(15,19)2/h12,14-15,17-19,24H,4-11,13H2,1-2H3/b16-12-/t14-,15+,17+,18+,19+,21-,22+/m1/s1. The van der Waals surface area contributed by atoms with Crippen molar-refractivity contribution in [3.05, 3.63) is 23.2 Å². The van der Waals surface area contributed by atoms with E-state index in [4.69, 9.17) is 6.57 Å². The molecule has 0 aromatic rings. The second-order valence-electron chi connectivity index (χ2n) is 9.69. The summed E-state index contributed by atoms with van der Waals surface area (Å²) in [6.45, 7) is 12.1. The third-order valence-electron chi connectivity index (χ3n) is 8.94. The zero-order valence-electron chi connectivity index (χ0n) is 15.6. The van der Waals surface area contributed by atoms with Gasteiger partial charge in [-0.05, 0) is 79.4 Å². The zero-order valence-corrected chi connectivity index (χ0v) is 15.6. The lowest BCUT2D eigenvalue weighted by molar-refractivity contribution is -0.147. The normalized spacial score (nSPS) is 50.7. The molecule has 0 aliphatic heterocycles. The Morgan fingerprint density at radius 2 is 2.04 bits per heavy atom. The molecule has 4 saturated carbocycles.